The van der Waals surface area contributed by atoms with Gasteiger partial charge in [0.1, 0.15) is 0 Å². The van der Waals surface area contributed by atoms with Gasteiger partial charge in [-0.2, -0.15) is 0 Å². The minimum atomic E-state index is 0.486. The lowest BCUT2D eigenvalue weighted by Gasteiger charge is -2.22. The molecular weight excluding hydrogens is 184 g/mol. The number of anilines is 1. The molecule has 0 aliphatic heterocycles. The first-order valence-electron chi connectivity index (χ1n) is 5.87. The Kier molecular flexibility index (Phi) is 3.27. The summed E-state index contributed by atoms with van der Waals surface area (Å²) in [7, 11) is 0. The highest BCUT2D eigenvalue weighted by Gasteiger charge is 2.32. The molecule has 0 amide bonds. The molecule has 0 radical (unpaired) electrons. The van der Waals surface area contributed by atoms with Crippen molar-refractivity contribution in [3.8, 4) is 0 Å². The normalized spacial score (nSPS) is 23.9. The van der Waals surface area contributed by atoms with Crippen LogP contribution in [0.3, 0.4) is 0 Å². The first-order valence-corrected chi connectivity index (χ1v) is 5.87. The zero-order chi connectivity index (χ0) is 10.7. The average Bonchev–Trinajstić information content (AvgIpc) is 2.97. The first kappa shape index (κ1) is 10.5. The van der Waals surface area contributed by atoms with E-state index in [1.807, 2.05) is 0 Å². The summed E-state index contributed by atoms with van der Waals surface area (Å²) < 4.78 is 0. The van der Waals surface area contributed by atoms with Crippen molar-refractivity contribution in [2.24, 2.45) is 11.7 Å². The van der Waals surface area contributed by atoms with Gasteiger partial charge < -0.3 is 10.6 Å². The molecule has 1 saturated carbocycles. The van der Waals surface area contributed by atoms with E-state index in [0.717, 1.165) is 19.0 Å². The first-order chi connectivity index (χ1) is 7.31. The molecule has 0 bridgehead atoms. The van der Waals surface area contributed by atoms with Crippen LogP contribution in [-0.2, 0) is 0 Å². The summed E-state index contributed by atoms with van der Waals surface area (Å²) in [5, 5.41) is 0. The lowest BCUT2D eigenvalue weighted by atomic mass is 10.2. The zero-order valence-corrected chi connectivity index (χ0v) is 9.39. The standard InChI is InChI=1S/C13H20N2/c1-2-15(9-8-11-10-13(11)14)12-6-4-3-5-7-12/h3-7,11,13H,2,8-10,14H2,1H3. The van der Waals surface area contributed by atoms with Gasteiger partial charge in [-0.1, -0.05) is 18.2 Å². The maximum absolute atomic E-state index is 5.81. The molecule has 2 unspecified atom stereocenters. The Balaban J connectivity index is 1.87. The second-order valence-electron chi connectivity index (χ2n) is 4.36. The van der Waals surface area contributed by atoms with E-state index in [9.17, 15) is 0 Å². The van der Waals surface area contributed by atoms with E-state index in [1.165, 1.54) is 18.5 Å². The zero-order valence-electron chi connectivity index (χ0n) is 9.39. The van der Waals surface area contributed by atoms with Crippen LogP contribution in [0.1, 0.15) is 19.8 Å². The van der Waals surface area contributed by atoms with E-state index in [1.54, 1.807) is 0 Å². The molecule has 2 nitrogen and oxygen atoms in total. The molecule has 2 rings (SSSR count). The van der Waals surface area contributed by atoms with Crippen molar-refractivity contribution < 1.29 is 0 Å². The lowest BCUT2D eigenvalue weighted by Crippen LogP contribution is -2.24. The van der Waals surface area contributed by atoms with Crippen molar-refractivity contribution in [2.45, 2.75) is 25.8 Å². The van der Waals surface area contributed by atoms with Crippen LogP contribution >= 0.6 is 0 Å². The summed E-state index contributed by atoms with van der Waals surface area (Å²) in [6, 6.07) is 11.1. The highest BCUT2D eigenvalue weighted by atomic mass is 15.1. The lowest BCUT2D eigenvalue weighted by molar-refractivity contribution is 0.669. The summed E-state index contributed by atoms with van der Waals surface area (Å²) in [4.78, 5) is 2.42. The molecule has 0 heterocycles. The summed E-state index contributed by atoms with van der Waals surface area (Å²) in [6.07, 6.45) is 2.47. The minimum absolute atomic E-state index is 0.486. The SMILES string of the molecule is CCN(CCC1CC1N)c1ccccc1. The summed E-state index contributed by atoms with van der Waals surface area (Å²) in [5.41, 5.74) is 7.14. The Morgan fingerprint density at radius 1 is 1.33 bits per heavy atom. The second-order valence-corrected chi connectivity index (χ2v) is 4.36. The van der Waals surface area contributed by atoms with Gasteiger partial charge in [-0.05, 0) is 37.8 Å². The van der Waals surface area contributed by atoms with Gasteiger partial charge in [0.15, 0.2) is 0 Å². The predicted octanol–water partition coefficient (Wildman–Crippen LogP) is 2.25. The van der Waals surface area contributed by atoms with Gasteiger partial charge in [0.25, 0.3) is 0 Å². The van der Waals surface area contributed by atoms with Crippen LogP contribution in [0.4, 0.5) is 5.69 Å². The number of hydrogen-bond donors (Lipinski definition) is 1. The number of para-hydroxylation sites is 1. The molecule has 0 aromatic heterocycles. The average molecular weight is 204 g/mol. The summed E-state index contributed by atoms with van der Waals surface area (Å²) in [5.74, 6) is 0.780. The van der Waals surface area contributed by atoms with Crippen LogP contribution in [-0.4, -0.2) is 19.1 Å². The van der Waals surface area contributed by atoms with Gasteiger partial charge in [-0.3, -0.25) is 0 Å². The maximum atomic E-state index is 5.81. The Morgan fingerprint density at radius 3 is 2.53 bits per heavy atom. The molecule has 82 valence electrons. The van der Waals surface area contributed by atoms with Crippen molar-refractivity contribution in [1.82, 2.24) is 0 Å². The van der Waals surface area contributed by atoms with E-state index in [2.05, 4.69) is 42.2 Å². The Hall–Kier alpha value is -1.02. The maximum Gasteiger partial charge on any atom is 0.0366 e. The Morgan fingerprint density at radius 2 is 2.00 bits per heavy atom. The van der Waals surface area contributed by atoms with Gasteiger partial charge in [0.2, 0.25) is 0 Å². The fourth-order valence-corrected chi connectivity index (χ4v) is 2.03. The molecule has 1 aliphatic rings. The van der Waals surface area contributed by atoms with E-state index in [-0.39, 0.29) is 0 Å². The van der Waals surface area contributed by atoms with Gasteiger partial charge in [0.05, 0.1) is 0 Å². The van der Waals surface area contributed by atoms with Crippen LogP contribution in [0.15, 0.2) is 30.3 Å². The molecule has 1 aliphatic carbocycles. The molecule has 1 fully saturated rings. The van der Waals surface area contributed by atoms with E-state index < -0.39 is 0 Å². The molecule has 2 heteroatoms. The van der Waals surface area contributed by atoms with E-state index >= 15 is 0 Å². The largest absolute Gasteiger partial charge is 0.372 e. The summed E-state index contributed by atoms with van der Waals surface area (Å²) in [6.45, 7) is 4.42. The van der Waals surface area contributed by atoms with Crippen molar-refractivity contribution in [3.05, 3.63) is 30.3 Å². The number of hydrogen-bond acceptors (Lipinski definition) is 2. The third kappa shape index (κ3) is 2.72. The van der Waals surface area contributed by atoms with Gasteiger partial charge in [-0.25, -0.2) is 0 Å². The molecule has 0 spiro atoms. The van der Waals surface area contributed by atoms with Crippen LogP contribution in [0, 0.1) is 5.92 Å². The van der Waals surface area contributed by atoms with Gasteiger partial charge in [-0.15, -0.1) is 0 Å². The van der Waals surface area contributed by atoms with E-state index in [0.29, 0.717) is 6.04 Å². The quantitative estimate of drug-likeness (QED) is 0.797. The minimum Gasteiger partial charge on any atom is -0.372 e. The fourth-order valence-electron chi connectivity index (χ4n) is 2.03. The predicted molar refractivity (Wildman–Crippen MR) is 65.0 cm³/mol. The molecule has 15 heavy (non-hydrogen) atoms. The van der Waals surface area contributed by atoms with Crippen molar-refractivity contribution in [1.29, 1.82) is 0 Å². The van der Waals surface area contributed by atoms with Crippen LogP contribution in [0.5, 0.6) is 0 Å². The number of nitrogens with zero attached hydrogens (tertiary/aromatic N) is 1. The van der Waals surface area contributed by atoms with Gasteiger partial charge in [0, 0.05) is 24.8 Å². The van der Waals surface area contributed by atoms with Crippen LogP contribution in [0.2, 0.25) is 0 Å². The van der Waals surface area contributed by atoms with E-state index in [4.69, 9.17) is 5.73 Å². The third-order valence-corrected chi connectivity index (χ3v) is 3.25. The van der Waals surface area contributed by atoms with Crippen molar-refractivity contribution >= 4 is 5.69 Å². The molecule has 0 saturated heterocycles. The fraction of sp³-hybridized carbons (Fsp3) is 0.538. The molecule has 2 atom stereocenters. The Labute approximate surface area is 92.1 Å². The number of benzene rings is 1. The highest BCUT2D eigenvalue weighted by Crippen LogP contribution is 2.31. The van der Waals surface area contributed by atoms with Crippen LogP contribution < -0.4 is 10.6 Å². The molecule has 1 aromatic rings. The van der Waals surface area contributed by atoms with Gasteiger partial charge >= 0.3 is 0 Å². The van der Waals surface area contributed by atoms with Crippen molar-refractivity contribution in [3.63, 3.8) is 0 Å². The second kappa shape index (κ2) is 4.67. The number of rotatable bonds is 5. The summed E-state index contributed by atoms with van der Waals surface area (Å²) >= 11 is 0. The van der Waals surface area contributed by atoms with Crippen LogP contribution in [0.25, 0.3) is 0 Å². The monoisotopic (exact) mass is 204 g/mol. The molecule has 1 aromatic carbocycles. The smallest absolute Gasteiger partial charge is 0.0366 e. The Bertz CT molecular complexity index is 297. The molecule has 2 N–H and O–H groups in total. The number of nitrogens with two attached hydrogens (primary N) is 1. The highest BCUT2D eigenvalue weighted by molar-refractivity contribution is 5.45. The topological polar surface area (TPSA) is 29.3 Å². The molecular formula is C13H20N2. The van der Waals surface area contributed by atoms with Crippen molar-refractivity contribution in [2.75, 3.05) is 18.0 Å². The third-order valence-electron chi connectivity index (χ3n) is 3.25.